The summed E-state index contributed by atoms with van der Waals surface area (Å²) < 4.78 is 11.5. The zero-order chi connectivity index (χ0) is 20.5. The van der Waals surface area contributed by atoms with E-state index in [2.05, 4.69) is 10.1 Å². The van der Waals surface area contributed by atoms with Gasteiger partial charge in [0.05, 0.1) is 18.0 Å². The maximum absolute atomic E-state index is 12.5. The van der Waals surface area contributed by atoms with E-state index in [9.17, 15) is 4.79 Å². The molecule has 0 unspecified atom stereocenters. The van der Waals surface area contributed by atoms with E-state index < -0.39 is 0 Å². The topological polar surface area (TPSA) is 68.5 Å². The van der Waals surface area contributed by atoms with Gasteiger partial charge in [0.25, 0.3) is 11.8 Å². The molecule has 0 saturated carbocycles. The van der Waals surface area contributed by atoms with Crippen molar-refractivity contribution in [2.75, 3.05) is 13.1 Å². The molecule has 0 atom stereocenters. The number of aryl methyl sites for hydroxylation is 1. The highest BCUT2D eigenvalue weighted by Crippen LogP contribution is 2.28. The molecule has 30 heavy (non-hydrogen) atoms. The van der Waals surface area contributed by atoms with Gasteiger partial charge in [0, 0.05) is 11.1 Å². The number of likely N-dealkylation sites (tertiary alicyclic amines) is 1. The molecule has 1 amide bonds. The number of rotatable bonds is 5. The molecule has 4 aromatic rings. The number of ether oxygens (including phenoxy) is 1. The first kappa shape index (κ1) is 18.6. The standard InChI is InChI=1S/C23H19N3O3S/c1-15-10-11-30-20(15)23(27)26-13-19(14-26)28-18-9-5-8-17(12-18)22-24-21(25-29-22)16-6-3-2-4-7-16/h2-12,19H,13-14H2,1H3. The van der Waals surface area contributed by atoms with Crippen LogP contribution in [0.1, 0.15) is 15.2 Å². The van der Waals surface area contributed by atoms with Crippen molar-refractivity contribution in [3.63, 3.8) is 0 Å². The molecule has 1 saturated heterocycles. The Morgan fingerprint density at radius 3 is 2.67 bits per heavy atom. The molecule has 5 rings (SSSR count). The maximum atomic E-state index is 12.5. The lowest BCUT2D eigenvalue weighted by Crippen LogP contribution is -2.56. The first-order chi connectivity index (χ1) is 14.7. The third-order valence-corrected chi connectivity index (χ3v) is 6.04. The summed E-state index contributed by atoms with van der Waals surface area (Å²) in [6.07, 6.45) is -0.0213. The van der Waals surface area contributed by atoms with E-state index in [1.54, 1.807) is 0 Å². The molecule has 0 spiro atoms. The molecule has 0 radical (unpaired) electrons. The predicted octanol–water partition coefficient (Wildman–Crippen LogP) is 4.68. The van der Waals surface area contributed by atoms with Gasteiger partial charge in [0.2, 0.25) is 5.82 Å². The highest BCUT2D eigenvalue weighted by atomic mass is 32.1. The van der Waals surface area contributed by atoms with Gasteiger partial charge in [-0.05, 0) is 42.1 Å². The van der Waals surface area contributed by atoms with E-state index in [1.807, 2.05) is 77.9 Å². The second kappa shape index (κ2) is 7.76. The molecular weight excluding hydrogens is 398 g/mol. The molecule has 150 valence electrons. The van der Waals surface area contributed by atoms with Crippen molar-refractivity contribution in [2.45, 2.75) is 13.0 Å². The van der Waals surface area contributed by atoms with Gasteiger partial charge in [-0.15, -0.1) is 11.3 Å². The monoisotopic (exact) mass is 417 g/mol. The molecule has 2 aromatic carbocycles. The van der Waals surface area contributed by atoms with Crippen LogP contribution in [0.2, 0.25) is 0 Å². The van der Waals surface area contributed by atoms with Gasteiger partial charge in [-0.2, -0.15) is 4.98 Å². The van der Waals surface area contributed by atoms with Crippen LogP contribution in [0.15, 0.2) is 70.6 Å². The molecule has 0 aliphatic carbocycles. The average molecular weight is 417 g/mol. The van der Waals surface area contributed by atoms with E-state index in [-0.39, 0.29) is 12.0 Å². The summed E-state index contributed by atoms with van der Waals surface area (Å²) in [5.74, 6) is 1.79. The normalized spacial score (nSPS) is 13.8. The molecular formula is C23H19N3O3S. The first-order valence-electron chi connectivity index (χ1n) is 9.67. The van der Waals surface area contributed by atoms with Gasteiger partial charge in [0.15, 0.2) is 0 Å². The Kier molecular flexibility index (Phi) is 4.80. The van der Waals surface area contributed by atoms with Gasteiger partial charge >= 0.3 is 0 Å². The zero-order valence-electron chi connectivity index (χ0n) is 16.3. The van der Waals surface area contributed by atoms with Gasteiger partial charge in [0.1, 0.15) is 11.9 Å². The van der Waals surface area contributed by atoms with E-state index in [0.29, 0.717) is 24.8 Å². The minimum Gasteiger partial charge on any atom is -0.487 e. The fourth-order valence-electron chi connectivity index (χ4n) is 3.35. The fraction of sp³-hybridized carbons (Fsp3) is 0.174. The van der Waals surface area contributed by atoms with Crippen LogP contribution >= 0.6 is 11.3 Å². The molecule has 2 aromatic heterocycles. The Morgan fingerprint density at radius 2 is 1.90 bits per heavy atom. The van der Waals surface area contributed by atoms with Crippen LogP contribution in [0, 0.1) is 6.92 Å². The molecule has 1 fully saturated rings. The number of benzene rings is 2. The summed E-state index contributed by atoms with van der Waals surface area (Å²) >= 11 is 1.49. The maximum Gasteiger partial charge on any atom is 0.264 e. The van der Waals surface area contributed by atoms with E-state index in [4.69, 9.17) is 9.26 Å². The number of hydrogen-bond acceptors (Lipinski definition) is 6. The summed E-state index contributed by atoms with van der Waals surface area (Å²) in [7, 11) is 0. The zero-order valence-corrected chi connectivity index (χ0v) is 17.1. The van der Waals surface area contributed by atoms with Crippen LogP contribution in [-0.2, 0) is 0 Å². The van der Waals surface area contributed by atoms with Crippen molar-refractivity contribution in [1.82, 2.24) is 15.0 Å². The summed E-state index contributed by atoms with van der Waals surface area (Å²) in [6, 6.07) is 19.3. The summed E-state index contributed by atoms with van der Waals surface area (Å²) in [4.78, 5) is 19.6. The Morgan fingerprint density at radius 1 is 1.10 bits per heavy atom. The summed E-state index contributed by atoms with van der Waals surface area (Å²) in [5, 5.41) is 6.02. The Balaban J connectivity index is 1.24. The lowest BCUT2D eigenvalue weighted by Gasteiger charge is -2.38. The number of amides is 1. The number of nitrogens with zero attached hydrogens (tertiary/aromatic N) is 3. The van der Waals surface area contributed by atoms with Crippen molar-refractivity contribution < 1.29 is 14.1 Å². The molecule has 1 aliphatic rings. The minimum atomic E-state index is -0.0213. The SMILES string of the molecule is Cc1ccsc1C(=O)N1CC(Oc2cccc(-c3nc(-c4ccccc4)no3)c2)C1. The summed E-state index contributed by atoms with van der Waals surface area (Å²) in [5.41, 5.74) is 2.72. The van der Waals surface area contributed by atoms with E-state index in [1.165, 1.54) is 11.3 Å². The highest BCUT2D eigenvalue weighted by molar-refractivity contribution is 7.12. The van der Waals surface area contributed by atoms with Crippen molar-refractivity contribution in [2.24, 2.45) is 0 Å². The largest absolute Gasteiger partial charge is 0.487 e. The van der Waals surface area contributed by atoms with Crippen LogP contribution in [0.25, 0.3) is 22.8 Å². The molecule has 7 heteroatoms. The van der Waals surface area contributed by atoms with Gasteiger partial charge in [-0.1, -0.05) is 41.6 Å². The van der Waals surface area contributed by atoms with Gasteiger partial charge in [-0.3, -0.25) is 4.79 Å². The second-order valence-electron chi connectivity index (χ2n) is 7.20. The average Bonchev–Trinajstić information content (AvgIpc) is 3.40. The van der Waals surface area contributed by atoms with E-state index in [0.717, 1.165) is 27.3 Å². The lowest BCUT2D eigenvalue weighted by atomic mass is 10.1. The van der Waals surface area contributed by atoms with Crippen LogP contribution in [0.5, 0.6) is 5.75 Å². The fourth-order valence-corrected chi connectivity index (χ4v) is 4.25. The third kappa shape index (κ3) is 3.59. The third-order valence-electron chi connectivity index (χ3n) is 5.03. The van der Waals surface area contributed by atoms with Crippen LogP contribution in [0.3, 0.4) is 0 Å². The number of carbonyl (C=O) groups is 1. The van der Waals surface area contributed by atoms with E-state index >= 15 is 0 Å². The number of aromatic nitrogens is 2. The molecule has 6 nitrogen and oxygen atoms in total. The smallest absolute Gasteiger partial charge is 0.264 e. The Labute approximate surface area is 177 Å². The van der Waals surface area contributed by atoms with Crippen molar-refractivity contribution in [1.29, 1.82) is 0 Å². The number of hydrogen-bond donors (Lipinski definition) is 0. The molecule has 0 N–H and O–H groups in total. The minimum absolute atomic E-state index is 0.0213. The Hall–Kier alpha value is -3.45. The highest BCUT2D eigenvalue weighted by Gasteiger charge is 2.33. The van der Waals surface area contributed by atoms with Crippen LogP contribution < -0.4 is 4.74 Å². The number of thiophene rings is 1. The summed E-state index contributed by atoms with van der Waals surface area (Å²) in [6.45, 7) is 3.13. The first-order valence-corrected chi connectivity index (χ1v) is 10.5. The quantitative estimate of drug-likeness (QED) is 0.472. The molecule has 0 bridgehead atoms. The predicted molar refractivity (Wildman–Crippen MR) is 115 cm³/mol. The molecule has 1 aliphatic heterocycles. The molecule has 3 heterocycles. The lowest BCUT2D eigenvalue weighted by molar-refractivity contribution is 0.0181. The van der Waals surface area contributed by atoms with Crippen molar-refractivity contribution in [3.8, 4) is 28.6 Å². The van der Waals surface area contributed by atoms with Gasteiger partial charge in [-0.25, -0.2) is 0 Å². The van der Waals surface area contributed by atoms with Crippen molar-refractivity contribution in [3.05, 3.63) is 76.5 Å². The van der Waals surface area contributed by atoms with Crippen LogP contribution in [0.4, 0.5) is 0 Å². The van der Waals surface area contributed by atoms with Crippen LogP contribution in [-0.4, -0.2) is 40.1 Å². The Bertz CT molecular complexity index is 1180. The number of carbonyl (C=O) groups excluding carboxylic acids is 1. The van der Waals surface area contributed by atoms with Crippen molar-refractivity contribution >= 4 is 17.2 Å². The van der Waals surface area contributed by atoms with Gasteiger partial charge < -0.3 is 14.2 Å². The second-order valence-corrected chi connectivity index (χ2v) is 8.12.